The monoisotopic (exact) mass is 307 g/mol. The summed E-state index contributed by atoms with van der Waals surface area (Å²) in [5.74, 6) is 1.73. The molecule has 3 rings (SSSR count). The molecule has 0 aliphatic carbocycles. The molecular formula is C15H25N5O2. The highest BCUT2D eigenvalue weighted by molar-refractivity contribution is 5.45. The number of piperazine rings is 1. The van der Waals surface area contributed by atoms with E-state index in [9.17, 15) is 5.11 Å². The van der Waals surface area contributed by atoms with Gasteiger partial charge in [0.25, 0.3) is 0 Å². The molecule has 3 heterocycles. The summed E-state index contributed by atoms with van der Waals surface area (Å²) in [6, 6.07) is 2.13. The van der Waals surface area contributed by atoms with Crippen molar-refractivity contribution in [1.82, 2.24) is 14.9 Å². The fourth-order valence-electron chi connectivity index (χ4n) is 3.04. The van der Waals surface area contributed by atoms with Gasteiger partial charge in [0, 0.05) is 52.0 Å². The number of hydrogen-bond acceptors (Lipinski definition) is 7. The summed E-state index contributed by atoms with van der Waals surface area (Å²) < 4.78 is 5.36. The van der Waals surface area contributed by atoms with Gasteiger partial charge >= 0.3 is 0 Å². The van der Waals surface area contributed by atoms with Gasteiger partial charge in [-0.1, -0.05) is 0 Å². The van der Waals surface area contributed by atoms with Crippen molar-refractivity contribution in [2.45, 2.75) is 19.1 Å². The van der Waals surface area contributed by atoms with Gasteiger partial charge in [0.1, 0.15) is 5.82 Å². The Morgan fingerprint density at radius 3 is 2.50 bits per heavy atom. The van der Waals surface area contributed by atoms with E-state index in [1.54, 1.807) is 0 Å². The fourth-order valence-corrected chi connectivity index (χ4v) is 3.04. The minimum absolute atomic E-state index is 0.137. The third-order valence-electron chi connectivity index (χ3n) is 4.37. The van der Waals surface area contributed by atoms with Crippen LogP contribution in [0.3, 0.4) is 0 Å². The van der Waals surface area contributed by atoms with Crippen molar-refractivity contribution in [3.8, 4) is 0 Å². The second-order valence-corrected chi connectivity index (χ2v) is 6.26. The summed E-state index contributed by atoms with van der Waals surface area (Å²) in [7, 11) is 3.98. The molecule has 7 nitrogen and oxygen atoms in total. The van der Waals surface area contributed by atoms with Gasteiger partial charge in [-0.2, -0.15) is 4.98 Å². The van der Waals surface area contributed by atoms with Crippen molar-refractivity contribution in [2.75, 3.05) is 63.3 Å². The molecule has 0 spiro atoms. The first-order valence-electron chi connectivity index (χ1n) is 7.82. The lowest BCUT2D eigenvalue weighted by molar-refractivity contribution is 0.0783. The van der Waals surface area contributed by atoms with Gasteiger partial charge in [0.15, 0.2) is 0 Å². The predicted molar refractivity (Wildman–Crippen MR) is 85.5 cm³/mol. The molecule has 1 aromatic rings. The lowest BCUT2D eigenvalue weighted by Crippen LogP contribution is -2.54. The van der Waals surface area contributed by atoms with Crippen LogP contribution in [0.2, 0.25) is 0 Å². The number of ether oxygens (including phenoxy) is 1. The van der Waals surface area contributed by atoms with E-state index >= 15 is 0 Å². The SMILES string of the molecule is Cc1cc(N(C)C)nc(N2CCN(C3COCC3O)CC2)n1. The minimum Gasteiger partial charge on any atom is -0.389 e. The lowest BCUT2D eigenvalue weighted by Gasteiger charge is -2.38. The van der Waals surface area contributed by atoms with E-state index < -0.39 is 0 Å². The highest BCUT2D eigenvalue weighted by Crippen LogP contribution is 2.20. The molecule has 2 aliphatic rings. The van der Waals surface area contributed by atoms with E-state index in [1.807, 2.05) is 32.0 Å². The maximum atomic E-state index is 9.95. The maximum absolute atomic E-state index is 9.95. The number of aliphatic hydroxyl groups is 1. The van der Waals surface area contributed by atoms with Gasteiger partial charge in [0.05, 0.1) is 25.4 Å². The number of anilines is 2. The molecule has 7 heteroatoms. The lowest BCUT2D eigenvalue weighted by atomic mass is 10.1. The molecule has 22 heavy (non-hydrogen) atoms. The van der Waals surface area contributed by atoms with Gasteiger partial charge in [-0.05, 0) is 6.92 Å². The summed E-state index contributed by atoms with van der Waals surface area (Å²) >= 11 is 0. The van der Waals surface area contributed by atoms with E-state index in [-0.39, 0.29) is 12.1 Å². The third-order valence-corrected chi connectivity index (χ3v) is 4.37. The Balaban J connectivity index is 1.66. The molecule has 0 bridgehead atoms. The summed E-state index contributed by atoms with van der Waals surface area (Å²) in [6.07, 6.45) is -0.359. The van der Waals surface area contributed by atoms with Crippen molar-refractivity contribution in [1.29, 1.82) is 0 Å². The minimum atomic E-state index is -0.359. The number of aliphatic hydroxyl groups excluding tert-OH is 1. The zero-order valence-electron chi connectivity index (χ0n) is 13.6. The Bertz CT molecular complexity index is 517. The molecule has 0 aromatic carbocycles. The molecule has 0 saturated carbocycles. The molecule has 2 aliphatic heterocycles. The van der Waals surface area contributed by atoms with Gasteiger partial charge in [-0.3, -0.25) is 4.90 Å². The number of nitrogens with zero attached hydrogens (tertiary/aromatic N) is 5. The Kier molecular flexibility index (Phi) is 4.46. The zero-order chi connectivity index (χ0) is 15.7. The Hall–Kier alpha value is -1.44. The van der Waals surface area contributed by atoms with Crippen LogP contribution in [0.15, 0.2) is 6.07 Å². The predicted octanol–water partition coefficient (Wildman–Crippen LogP) is -0.267. The average Bonchev–Trinajstić information content (AvgIpc) is 2.93. The van der Waals surface area contributed by atoms with E-state index in [0.717, 1.165) is 43.6 Å². The first-order valence-corrected chi connectivity index (χ1v) is 7.82. The highest BCUT2D eigenvalue weighted by atomic mass is 16.5. The third kappa shape index (κ3) is 3.16. The molecule has 2 saturated heterocycles. The first kappa shape index (κ1) is 15.5. The molecule has 122 valence electrons. The van der Waals surface area contributed by atoms with Crippen LogP contribution >= 0.6 is 0 Å². The second-order valence-electron chi connectivity index (χ2n) is 6.26. The Morgan fingerprint density at radius 2 is 1.91 bits per heavy atom. The largest absolute Gasteiger partial charge is 0.389 e. The summed E-state index contributed by atoms with van der Waals surface area (Å²) in [6.45, 7) is 6.64. The molecular weight excluding hydrogens is 282 g/mol. The van der Waals surface area contributed by atoms with Crippen LogP contribution in [0, 0.1) is 6.92 Å². The van der Waals surface area contributed by atoms with Crippen LogP contribution < -0.4 is 9.80 Å². The smallest absolute Gasteiger partial charge is 0.227 e. The summed E-state index contributed by atoms with van der Waals surface area (Å²) in [5, 5.41) is 9.95. The van der Waals surface area contributed by atoms with E-state index in [2.05, 4.69) is 19.8 Å². The van der Waals surface area contributed by atoms with Crippen molar-refractivity contribution in [2.24, 2.45) is 0 Å². The summed E-state index contributed by atoms with van der Waals surface area (Å²) in [4.78, 5) is 15.8. The van der Waals surface area contributed by atoms with Crippen molar-refractivity contribution in [3.05, 3.63) is 11.8 Å². The second kappa shape index (κ2) is 6.36. The first-order chi connectivity index (χ1) is 10.5. The Morgan fingerprint density at radius 1 is 1.18 bits per heavy atom. The van der Waals surface area contributed by atoms with Gasteiger partial charge in [0.2, 0.25) is 5.95 Å². The number of rotatable bonds is 3. The molecule has 2 atom stereocenters. The van der Waals surface area contributed by atoms with Crippen molar-refractivity contribution in [3.63, 3.8) is 0 Å². The normalized spacial score (nSPS) is 26.5. The van der Waals surface area contributed by atoms with Crippen LogP contribution in [-0.2, 0) is 4.74 Å². The molecule has 1 aromatic heterocycles. The quantitative estimate of drug-likeness (QED) is 0.825. The van der Waals surface area contributed by atoms with Gasteiger partial charge in [-0.25, -0.2) is 4.98 Å². The van der Waals surface area contributed by atoms with E-state index in [0.29, 0.717) is 13.2 Å². The van der Waals surface area contributed by atoms with Crippen LogP contribution in [0.1, 0.15) is 5.69 Å². The number of hydrogen-bond donors (Lipinski definition) is 1. The highest BCUT2D eigenvalue weighted by Gasteiger charge is 2.33. The van der Waals surface area contributed by atoms with Gasteiger partial charge in [-0.15, -0.1) is 0 Å². The van der Waals surface area contributed by atoms with E-state index in [4.69, 9.17) is 4.74 Å². The number of aryl methyl sites for hydroxylation is 1. The van der Waals surface area contributed by atoms with Crippen LogP contribution in [-0.4, -0.2) is 85.6 Å². The summed E-state index contributed by atoms with van der Waals surface area (Å²) in [5.41, 5.74) is 0.982. The fraction of sp³-hybridized carbons (Fsp3) is 0.733. The molecule has 2 fully saturated rings. The zero-order valence-corrected chi connectivity index (χ0v) is 13.6. The molecule has 2 unspecified atom stereocenters. The molecule has 1 N–H and O–H groups in total. The number of aromatic nitrogens is 2. The van der Waals surface area contributed by atoms with Crippen LogP contribution in [0.25, 0.3) is 0 Å². The molecule has 0 amide bonds. The van der Waals surface area contributed by atoms with Crippen LogP contribution in [0.5, 0.6) is 0 Å². The average molecular weight is 307 g/mol. The maximum Gasteiger partial charge on any atom is 0.227 e. The van der Waals surface area contributed by atoms with Gasteiger partial charge < -0.3 is 19.6 Å². The van der Waals surface area contributed by atoms with E-state index in [1.165, 1.54) is 0 Å². The molecule has 0 radical (unpaired) electrons. The topological polar surface area (TPSA) is 65.0 Å². The van der Waals surface area contributed by atoms with Crippen molar-refractivity contribution < 1.29 is 9.84 Å². The Labute approximate surface area is 131 Å². The van der Waals surface area contributed by atoms with Crippen molar-refractivity contribution >= 4 is 11.8 Å². The van der Waals surface area contributed by atoms with Crippen LogP contribution in [0.4, 0.5) is 11.8 Å². The standard InChI is InChI=1S/C15H25N5O2/c1-11-8-14(18(2)3)17-15(16-11)20-6-4-19(5-7-20)12-9-22-10-13(12)21/h8,12-13,21H,4-7,9-10H2,1-3H3.